The smallest absolute Gasteiger partial charge is 0.116 e. The second kappa shape index (κ2) is 5.26. The summed E-state index contributed by atoms with van der Waals surface area (Å²) in [4.78, 5) is 9.02. The minimum absolute atomic E-state index is 0.255. The van der Waals surface area contributed by atoms with Gasteiger partial charge in [0.1, 0.15) is 5.82 Å². The van der Waals surface area contributed by atoms with E-state index in [1.807, 2.05) is 25.5 Å². The second-order valence-electron chi connectivity index (χ2n) is 4.82. The third-order valence-corrected chi connectivity index (χ3v) is 3.51. The van der Waals surface area contributed by atoms with Crippen LogP contribution in [0.5, 0.6) is 0 Å². The predicted molar refractivity (Wildman–Crippen MR) is 76.4 cm³/mol. The van der Waals surface area contributed by atoms with Crippen LogP contribution in [-0.4, -0.2) is 28.5 Å². The number of aromatic nitrogens is 2. The fraction of sp³-hybridized carbons (Fsp3) is 0.333. The molecule has 98 valence electrons. The summed E-state index contributed by atoms with van der Waals surface area (Å²) in [6.45, 7) is 1.84. The molecule has 0 bridgehead atoms. The molecule has 1 atom stereocenters. The number of hydrogen-bond acceptors (Lipinski definition) is 3. The first-order valence-corrected chi connectivity index (χ1v) is 6.64. The number of amidine groups is 1. The molecule has 0 saturated carbocycles. The number of nitrogens with one attached hydrogen (secondary N) is 1. The largest absolute Gasteiger partial charge is 0.372 e. The molecule has 0 fully saturated rings. The zero-order valence-corrected chi connectivity index (χ0v) is 11.1. The van der Waals surface area contributed by atoms with Crippen LogP contribution in [-0.2, 0) is 7.05 Å². The maximum atomic E-state index is 4.51. The van der Waals surface area contributed by atoms with Crippen LogP contribution in [0.15, 0.2) is 47.7 Å². The third-order valence-electron chi connectivity index (χ3n) is 3.51. The zero-order chi connectivity index (χ0) is 13.1. The first-order chi connectivity index (χ1) is 9.34. The predicted octanol–water partition coefficient (Wildman–Crippen LogP) is 1.94. The Labute approximate surface area is 113 Å². The summed E-state index contributed by atoms with van der Waals surface area (Å²) >= 11 is 0. The van der Waals surface area contributed by atoms with Crippen LogP contribution in [0.2, 0.25) is 0 Å². The lowest BCUT2D eigenvalue weighted by molar-refractivity contribution is 0.706. The van der Waals surface area contributed by atoms with Gasteiger partial charge in [-0.2, -0.15) is 0 Å². The number of imidazole rings is 1. The van der Waals surface area contributed by atoms with E-state index < -0.39 is 0 Å². The average Bonchev–Trinajstić information content (AvgIpc) is 3.08. The molecule has 2 aromatic rings. The lowest BCUT2D eigenvalue weighted by atomic mass is 9.94. The van der Waals surface area contributed by atoms with Crippen molar-refractivity contribution in [1.82, 2.24) is 14.9 Å². The molecular weight excluding hydrogens is 236 g/mol. The fourth-order valence-corrected chi connectivity index (χ4v) is 2.53. The van der Waals surface area contributed by atoms with Gasteiger partial charge in [0.05, 0.1) is 12.4 Å². The Hall–Kier alpha value is -2.10. The molecular formula is C15H18N4. The second-order valence-corrected chi connectivity index (χ2v) is 4.82. The molecule has 0 spiro atoms. The van der Waals surface area contributed by atoms with Crippen molar-refractivity contribution in [2.75, 3.05) is 13.1 Å². The van der Waals surface area contributed by atoms with E-state index >= 15 is 0 Å². The Balaban J connectivity index is 1.94. The van der Waals surface area contributed by atoms with Crippen molar-refractivity contribution in [2.45, 2.75) is 12.3 Å². The Morgan fingerprint density at radius 2 is 2.16 bits per heavy atom. The van der Waals surface area contributed by atoms with Gasteiger partial charge in [-0.3, -0.25) is 4.99 Å². The van der Waals surface area contributed by atoms with Crippen LogP contribution in [0.1, 0.15) is 23.7 Å². The molecule has 2 heterocycles. The summed E-state index contributed by atoms with van der Waals surface area (Å²) in [6.07, 6.45) is 4.74. The Morgan fingerprint density at radius 3 is 2.79 bits per heavy atom. The maximum Gasteiger partial charge on any atom is 0.116 e. The number of aliphatic imine (C=N–C) groups is 1. The number of benzene rings is 1. The zero-order valence-electron chi connectivity index (χ0n) is 11.1. The molecule has 4 heteroatoms. The van der Waals surface area contributed by atoms with E-state index in [1.165, 1.54) is 5.56 Å². The number of rotatable bonds is 4. The number of hydrogen-bond donors (Lipinski definition) is 1. The van der Waals surface area contributed by atoms with Gasteiger partial charge in [-0.25, -0.2) is 4.98 Å². The molecule has 1 aromatic heterocycles. The van der Waals surface area contributed by atoms with Crippen LogP contribution in [0.3, 0.4) is 0 Å². The Bertz CT molecular complexity index is 571. The van der Waals surface area contributed by atoms with Gasteiger partial charge in [-0.05, 0) is 5.56 Å². The van der Waals surface area contributed by atoms with E-state index in [-0.39, 0.29) is 5.92 Å². The van der Waals surface area contributed by atoms with Crippen molar-refractivity contribution < 1.29 is 0 Å². The SMILES string of the molecule is Cn1ccnc1C(CC1=NCCN1)c1ccccc1. The van der Waals surface area contributed by atoms with Gasteiger partial charge in [0, 0.05) is 38.3 Å². The van der Waals surface area contributed by atoms with Crippen LogP contribution < -0.4 is 5.32 Å². The maximum absolute atomic E-state index is 4.51. The highest BCUT2D eigenvalue weighted by Crippen LogP contribution is 2.26. The highest BCUT2D eigenvalue weighted by Gasteiger charge is 2.21. The minimum Gasteiger partial charge on any atom is -0.372 e. The molecule has 1 aliphatic rings. The van der Waals surface area contributed by atoms with Crippen LogP contribution in [0.4, 0.5) is 0 Å². The lowest BCUT2D eigenvalue weighted by Crippen LogP contribution is -2.22. The van der Waals surface area contributed by atoms with Crippen molar-refractivity contribution in [3.05, 3.63) is 54.1 Å². The summed E-state index contributed by atoms with van der Waals surface area (Å²) in [7, 11) is 2.04. The molecule has 1 N–H and O–H groups in total. The first kappa shape index (κ1) is 12.0. The minimum atomic E-state index is 0.255. The van der Waals surface area contributed by atoms with E-state index in [0.717, 1.165) is 31.2 Å². The summed E-state index contributed by atoms with van der Waals surface area (Å²) in [5.74, 6) is 2.44. The normalized spacial score (nSPS) is 15.9. The standard InChI is InChI=1S/C15H18N4/c1-19-10-9-18-15(19)13(11-14-16-7-8-17-14)12-5-3-2-4-6-12/h2-6,9-10,13H,7-8,11H2,1H3,(H,16,17). The number of aryl methyl sites for hydroxylation is 1. The van der Waals surface area contributed by atoms with Gasteiger partial charge in [-0.1, -0.05) is 30.3 Å². The van der Waals surface area contributed by atoms with Gasteiger partial charge in [0.15, 0.2) is 0 Å². The van der Waals surface area contributed by atoms with Gasteiger partial charge >= 0.3 is 0 Å². The third kappa shape index (κ3) is 2.52. The molecule has 0 aliphatic carbocycles. The van der Waals surface area contributed by atoms with Crippen LogP contribution in [0, 0.1) is 0 Å². The molecule has 3 rings (SSSR count). The van der Waals surface area contributed by atoms with E-state index in [9.17, 15) is 0 Å². The van der Waals surface area contributed by atoms with Crippen molar-refractivity contribution in [3.63, 3.8) is 0 Å². The van der Waals surface area contributed by atoms with Crippen LogP contribution in [0.25, 0.3) is 0 Å². The molecule has 0 radical (unpaired) electrons. The Kier molecular flexibility index (Phi) is 3.31. The average molecular weight is 254 g/mol. The van der Waals surface area contributed by atoms with Gasteiger partial charge in [0.2, 0.25) is 0 Å². The van der Waals surface area contributed by atoms with E-state index in [1.54, 1.807) is 0 Å². The van der Waals surface area contributed by atoms with Crippen molar-refractivity contribution in [3.8, 4) is 0 Å². The molecule has 4 nitrogen and oxygen atoms in total. The first-order valence-electron chi connectivity index (χ1n) is 6.64. The van der Waals surface area contributed by atoms with E-state index in [0.29, 0.717) is 0 Å². The highest BCUT2D eigenvalue weighted by atomic mass is 15.1. The fourth-order valence-electron chi connectivity index (χ4n) is 2.53. The molecule has 1 aromatic carbocycles. The molecule has 19 heavy (non-hydrogen) atoms. The number of nitrogens with zero attached hydrogens (tertiary/aromatic N) is 3. The van der Waals surface area contributed by atoms with Crippen molar-refractivity contribution in [2.24, 2.45) is 12.0 Å². The van der Waals surface area contributed by atoms with Crippen molar-refractivity contribution in [1.29, 1.82) is 0 Å². The van der Waals surface area contributed by atoms with Gasteiger partial charge in [-0.15, -0.1) is 0 Å². The molecule has 1 aliphatic heterocycles. The summed E-state index contributed by atoms with van der Waals surface area (Å²) < 4.78 is 2.09. The van der Waals surface area contributed by atoms with Gasteiger partial charge in [0.25, 0.3) is 0 Å². The monoisotopic (exact) mass is 254 g/mol. The van der Waals surface area contributed by atoms with Crippen molar-refractivity contribution >= 4 is 5.84 Å². The summed E-state index contributed by atoms with van der Waals surface area (Å²) in [5, 5.41) is 3.35. The quantitative estimate of drug-likeness (QED) is 0.906. The van der Waals surface area contributed by atoms with E-state index in [4.69, 9.17) is 0 Å². The van der Waals surface area contributed by atoms with Crippen LogP contribution >= 0.6 is 0 Å². The summed E-state index contributed by atoms with van der Waals surface area (Å²) in [6, 6.07) is 10.5. The Morgan fingerprint density at radius 1 is 1.32 bits per heavy atom. The molecule has 1 unspecified atom stereocenters. The topological polar surface area (TPSA) is 42.2 Å². The lowest BCUT2D eigenvalue weighted by Gasteiger charge is -2.17. The summed E-state index contributed by atoms with van der Waals surface area (Å²) in [5.41, 5.74) is 1.29. The molecule has 0 amide bonds. The highest BCUT2D eigenvalue weighted by molar-refractivity contribution is 5.84. The van der Waals surface area contributed by atoms with E-state index in [2.05, 4.69) is 44.1 Å². The van der Waals surface area contributed by atoms with Gasteiger partial charge < -0.3 is 9.88 Å². The molecule has 0 saturated heterocycles.